The summed E-state index contributed by atoms with van der Waals surface area (Å²) in [6, 6.07) is 7.72. The van der Waals surface area contributed by atoms with Crippen molar-refractivity contribution in [3.05, 3.63) is 62.7 Å². The van der Waals surface area contributed by atoms with E-state index in [-0.39, 0.29) is 34.8 Å². The molecule has 3 aliphatic heterocycles. The first kappa shape index (κ1) is 24.7. The number of methoxy groups -OCH3 is 3. The van der Waals surface area contributed by atoms with Gasteiger partial charge in [-0.3, -0.25) is 10.1 Å². The van der Waals surface area contributed by atoms with E-state index in [0.29, 0.717) is 52.8 Å². The number of anilines is 1. The van der Waals surface area contributed by atoms with Gasteiger partial charge in [-0.1, -0.05) is 6.07 Å². The smallest absolute Gasteiger partial charge is 0.343 e. The number of carbonyl (C=O) groups excluding carboxylic acids is 1. The van der Waals surface area contributed by atoms with Crippen molar-refractivity contribution in [1.29, 1.82) is 0 Å². The van der Waals surface area contributed by atoms with Gasteiger partial charge in [0.1, 0.15) is 11.1 Å². The molecule has 0 amide bonds. The van der Waals surface area contributed by atoms with Gasteiger partial charge in [-0.25, -0.2) is 9.42 Å². The molecule has 0 radical (unpaired) electrons. The molecule has 1 aromatic heterocycles. The number of nitrogens with zero attached hydrogens (tertiary/aromatic N) is 4. The fourth-order valence-electron chi connectivity index (χ4n) is 5.98. The summed E-state index contributed by atoms with van der Waals surface area (Å²) in [5.74, 6) is 1.45. The van der Waals surface area contributed by atoms with Crippen LogP contribution in [0.25, 0.3) is 11.0 Å². The highest BCUT2D eigenvalue weighted by molar-refractivity contribution is 5.98. The third-order valence-electron chi connectivity index (χ3n) is 7.66. The molecule has 2 unspecified atom stereocenters. The van der Waals surface area contributed by atoms with Crippen molar-refractivity contribution in [3.63, 3.8) is 0 Å². The fraction of sp³-hybridized carbons (Fsp3) is 0.296. The van der Waals surface area contributed by atoms with Crippen LogP contribution in [0.5, 0.6) is 28.7 Å². The minimum Gasteiger partial charge on any atom is -0.493 e. The molecule has 7 rings (SSSR count). The first-order valence-corrected chi connectivity index (χ1v) is 12.6. The fourth-order valence-corrected chi connectivity index (χ4v) is 5.98. The highest BCUT2D eigenvalue weighted by Gasteiger charge is 2.47. The van der Waals surface area contributed by atoms with Crippen molar-refractivity contribution in [2.24, 2.45) is 0 Å². The molecule has 14 heteroatoms. The van der Waals surface area contributed by atoms with E-state index in [1.54, 1.807) is 18.2 Å². The van der Waals surface area contributed by atoms with E-state index >= 15 is 0 Å². The lowest BCUT2D eigenvalue weighted by Crippen LogP contribution is -2.39. The van der Waals surface area contributed by atoms with Gasteiger partial charge < -0.3 is 33.3 Å². The lowest BCUT2D eigenvalue weighted by Gasteiger charge is -2.42. The van der Waals surface area contributed by atoms with Gasteiger partial charge >= 0.3 is 11.7 Å². The first-order valence-electron chi connectivity index (χ1n) is 12.6. The van der Waals surface area contributed by atoms with Gasteiger partial charge in [0.15, 0.2) is 29.1 Å². The third kappa shape index (κ3) is 3.53. The summed E-state index contributed by atoms with van der Waals surface area (Å²) in [5, 5.41) is 19.6. The van der Waals surface area contributed by atoms with Crippen LogP contribution < -0.4 is 28.6 Å². The lowest BCUT2D eigenvalue weighted by molar-refractivity contribution is -0.383. The quantitative estimate of drug-likeness (QED) is 0.189. The van der Waals surface area contributed by atoms with Crippen molar-refractivity contribution in [1.82, 2.24) is 10.3 Å². The van der Waals surface area contributed by atoms with E-state index in [0.717, 1.165) is 5.56 Å². The average molecular weight is 562 g/mol. The van der Waals surface area contributed by atoms with Crippen LogP contribution in [-0.2, 0) is 11.2 Å². The van der Waals surface area contributed by atoms with Crippen LogP contribution in [0.4, 0.5) is 11.4 Å². The topological polar surface area (TPSA) is 158 Å². The summed E-state index contributed by atoms with van der Waals surface area (Å²) in [7, 11) is 4.45. The molecule has 0 saturated heterocycles. The number of benzene rings is 3. The molecule has 2 atom stereocenters. The van der Waals surface area contributed by atoms with Gasteiger partial charge in [0.25, 0.3) is 0 Å². The standard InChI is InChI=1S/C27H22N4O10/c1-35-17-5-4-14-20(24(17)36-2)27(32)40-23(14)22-19-12(8-18-25(26(19)37-3)39-11-38-18)6-7-30(22)13-9-15-21(29-41-28-15)16(10-13)31(33)34/h4-5,8-10,22-23H,6-7,11H2,1-3H3. The Morgan fingerprint density at radius 2 is 1.88 bits per heavy atom. The maximum atomic E-state index is 13.4. The molecular formula is C27H22N4O10. The normalized spacial score (nSPS) is 18.6. The largest absolute Gasteiger partial charge is 0.493 e. The number of ether oxygens (including phenoxy) is 6. The molecule has 0 N–H and O–H groups in total. The number of carbonyl (C=O) groups is 1. The predicted molar refractivity (Wildman–Crippen MR) is 139 cm³/mol. The molecule has 0 aliphatic carbocycles. The first-order chi connectivity index (χ1) is 19.9. The zero-order valence-electron chi connectivity index (χ0n) is 22.0. The Kier molecular flexibility index (Phi) is 5.52. The highest BCUT2D eigenvalue weighted by atomic mass is 16.7. The van der Waals surface area contributed by atoms with E-state index in [1.165, 1.54) is 27.4 Å². The van der Waals surface area contributed by atoms with Crippen molar-refractivity contribution < 1.29 is 42.8 Å². The second kappa shape index (κ2) is 9.15. The number of non-ortho nitro benzene ring substituents is 1. The van der Waals surface area contributed by atoms with Crippen LogP contribution in [0.3, 0.4) is 0 Å². The number of cyclic esters (lactones) is 1. The molecule has 0 spiro atoms. The van der Waals surface area contributed by atoms with Gasteiger partial charge in [-0.2, -0.15) is 0 Å². The minimum absolute atomic E-state index is 0.0307. The van der Waals surface area contributed by atoms with E-state index in [9.17, 15) is 14.9 Å². The Morgan fingerprint density at radius 3 is 2.63 bits per heavy atom. The van der Waals surface area contributed by atoms with Crippen molar-refractivity contribution >= 4 is 28.4 Å². The Morgan fingerprint density at radius 1 is 1.05 bits per heavy atom. The molecule has 210 valence electrons. The van der Waals surface area contributed by atoms with Gasteiger partial charge in [-0.05, 0) is 40.5 Å². The van der Waals surface area contributed by atoms with Gasteiger partial charge in [0.2, 0.25) is 18.1 Å². The van der Waals surface area contributed by atoms with Gasteiger partial charge in [0, 0.05) is 29.4 Å². The number of esters is 1. The SMILES string of the molecule is COc1ccc2c(c1OC)C(=O)OC2C1c2c(cc3c(c2OC)OCO3)CCN1c1cc([N+](=O)[O-])c2nonc2c1. The Labute approximate surface area is 231 Å². The number of aromatic nitrogens is 2. The molecule has 4 heterocycles. The summed E-state index contributed by atoms with van der Waals surface area (Å²) in [4.78, 5) is 26.7. The number of nitro benzene ring substituents is 1. The second-order valence-corrected chi connectivity index (χ2v) is 9.55. The minimum atomic E-state index is -0.865. The number of nitro groups is 1. The molecule has 41 heavy (non-hydrogen) atoms. The number of hydrogen-bond donors (Lipinski definition) is 0. The zero-order valence-corrected chi connectivity index (χ0v) is 22.0. The highest BCUT2D eigenvalue weighted by Crippen LogP contribution is 2.56. The average Bonchev–Trinajstić information content (AvgIpc) is 3.73. The Balaban J connectivity index is 1.48. The Hall–Kier alpha value is -5.27. The van der Waals surface area contributed by atoms with Crippen LogP contribution in [0.2, 0.25) is 0 Å². The van der Waals surface area contributed by atoms with Crippen molar-refractivity contribution in [2.75, 3.05) is 39.6 Å². The summed E-state index contributed by atoms with van der Waals surface area (Å²) >= 11 is 0. The second-order valence-electron chi connectivity index (χ2n) is 9.55. The molecule has 14 nitrogen and oxygen atoms in total. The van der Waals surface area contributed by atoms with Crippen LogP contribution in [0, 0.1) is 10.1 Å². The molecular weight excluding hydrogens is 540 g/mol. The van der Waals surface area contributed by atoms with Crippen LogP contribution in [0.15, 0.2) is 35.0 Å². The van der Waals surface area contributed by atoms with Crippen LogP contribution in [-0.4, -0.2) is 55.9 Å². The van der Waals surface area contributed by atoms with Crippen molar-refractivity contribution in [3.8, 4) is 28.7 Å². The number of hydrogen-bond acceptors (Lipinski definition) is 13. The lowest BCUT2D eigenvalue weighted by atomic mass is 9.84. The number of fused-ring (bicyclic) bond motifs is 4. The Bertz CT molecular complexity index is 1750. The molecule has 4 aromatic rings. The molecule has 3 aromatic carbocycles. The summed E-state index contributed by atoms with van der Waals surface area (Å²) in [6.07, 6.45) is -0.336. The maximum Gasteiger partial charge on any atom is 0.343 e. The van der Waals surface area contributed by atoms with E-state index in [4.69, 9.17) is 33.1 Å². The predicted octanol–water partition coefficient (Wildman–Crippen LogP) is 3.90. The zero-order chi connectivity index (χ0) is 28.4. The molecule has 0 saturated carbocycles. The molecule has 0 bridgehead atoms. The summed E-state index contributed by atoms with van der Waals surface area (Å²) < 4.78 is 39.1. The maximum absolute atomic E-state index is 13.4. The third-order valence-corrected chi connectivity index (χ3v) is 7.66. The molecule has 0 fully saturated rings. The monoisotopic (exact) mass is 562 g/mol. The van der Waals surface area contributed by atoms with Gasteiger partial charge in [0.05, 0.1) is 32.3 Å². The van der Waals surface area contributed by atoms with Crippen molar-refractivity contribution in [2.45, 2.75) is 18.6 Å². The summed E-state index contributed by atoms with van der Waals surface area (Å²) in [5.41, 5.74) is 2.84. The van der Waals surface area contributed by atoms with Gasteiger partial charge in [-0.15, -0.1) is 0 Å². The van der Waals surface area contributed by atoms with E-state index < -0.39 is 23.0 Å². The molecule has 3 aliphatic rings. The van der Waals surface area contributed by atoms with E-state index in [2.05, 4.69) is 10.3 Å². The summed E-state index contributed by atoms with van der Waals surface area (Å²) in [6.45, 7) is 0.439. The van der Waals surface area contributed by atoms with E-state index in [1.807, 2.05) is 11.0 Å². The van der Waals surface area contributed by atoms with Crippen LogP contribution >= 0.6 is 0 Å². The number of rotatable bonds is 6. The van der Waals surface area contributed by atoms with Crippen LogP contribution in [0.1, 0.15) is 39.2 Å².